The van der Waals surface area contributed by atoms with E-state index in [0.29, 0.717) is 10.8 Å². The SMILES string of the molecule is Cc1nc(N2[C@@H](C)c3ccccc3[C@@H]2C)sc1S(N)(=O)=O. The largest absolute Gasteiger partial charge is 0.335 e. The van der Waals surface area contributed by atoms with Crippen molar-refractivity contribution in [3.05, 3.63) is 41.1 Å². The van der Waals surface area contributed by atoms with Crippen LogP contribution in [0.5, 0.6) is 0 Å². The quantitative estimate of drug-likeness (QED) is 0.922. The van der Waals surface area contributed by atoms with Crippen LogP contribution in [0.3, 0.4) is 0 Å². The average molecular weight is 323 g/mol. The second kappa shape index (κ2) is 4.79. The molecule has 1 aliphatic rings. The first-order chi connectivity index (χ1) is 9.80. The van der Waals surface area contributed by atoms with Crippen LogP contribution >= 0.6 is 11.3 Å². The Balaban J connectivity index is 2.08. The molecule has 0 fully saturated rings. The minimum Gasteiger partial charge on any atom is -0.335 e. The molecule has 2 aromatic rings. The Morgan fingerprint density at radius 1 is 1.19 bits per heavy atom. The maximum atomic E-state index is 11.6. The second-order valence-electron chi connectivity index (χ2n) is 5.30. The smallest absolute Gasteiger partial charge is 0.249 e. The fraction of sp³-hybridized carbons (Fsp3) is 0.357. The topological polar surface area (TPSA) is 76.3 Å². The molecule has 0 aliphatic carbocycles. The molecule has 21 heavy (non-hydrogen) atoms. The van der Waals surface area contributed by atoms with E-state index in [1.165, 1.54) is 11.1 Å². The summed E-state index contributed by atoms with van der Waals surface area (Å²) in [6.07, 6.45) is 0. The summed E-state index contributed by atoms with van der Waals surface area (Å²) >= 11 is 1.14. The van der Waals surface area contributed by atoms with Crippen molar-refractivity contribution in [1.82, 2.24) is 4.98 Å². The van der Waals surface area contributed by atoms with Crippen LogP contribution in [0, 0.1) is 6.92 Å². The van der Waals surface area contributed by atoms with E-state index in [0.717, 1.165) is 11.3 Å². The van der Waals surface area contributed by atoms with Crippen molar-refractivity contribution in [1.29, 1.82) is 0 Å². The normalized spacial score (nSPS) is 21.6. The van der Waals surface area contributed by atoms with Gasteiger partial charge in [-0.2, -0.15) is 0 Å². The number of anilines is 1. The lowest BCUT2D eigenvalue weighted by Gasteiger charge is -2.26. The molecule has 112 valence electrons. The third-order valence-electron chi connectivity index (χ3n) is 3.95. The molecule has 1 aromatic carbocycles. The van der Waals surface area contributed by atoms with Gasteiger partial charge in [0.05, 0.1) is 17.8 Å². The van der Waals surface area contributed by atoms with Crippen molar-refractivity contribution in [2.75, 3.05) is 4.90 Å². The summed E-state index contributed by atoms with van der Waals surface area (Å²) in [4.78, 5) is 6.58. The summed E-state index contributed by atoms with van der Waals surface area (Å²) in [6, 6.07) is 8.59. The van der Waals surface area contributed by atoms with Gasteiger partial charge in [0.2, 0.25) is 10.0 Å². The molecule has 2 N–H and O–H groups in total. The first-order valence-electron chi connectivity index (χ1n) is 6.68. The number of benzene rings is 1. The van der Waals surface area contributed by atoms with E-state index in [-0.39, 0.29) is 16.3 Å². The van der Waals surface area contributed by atoms with Crippen LogP contribution < -0.4 is 10.0 Å². The number of thiazole rings is 1. The average Bonchev–Trinajstić information content (AvgIpc) is 2.90. The highest BCUT2D eigenvalue weighted by Crippen LogP contribution is 2.46. The number of aryl methyl sites for hydroxylation is 1. The molecule has 0 bridgehead atoms. The van der Waals surface area contributed by atoms with Crippen molar-refractivity contribution in [3.8, 4) is 0 Å². The van der Waals surface area contributed by atoms with Gasteiger partial charge >= 0.3 is 0 Å². The van der Waals surface area contributed by atoms with Crippen molar-refractivity contribution in [2.24, 2.45) is 5.14 Å². The van der Waals surface area contributed by atoms with Gasteiger partial charge in [-0.05, 0) is 31.9 Å². The lowest BCUT2D eigenvalue weighted by Crippen LogP contribution is -2.22. The van der Waals surface area contributed by atoms with Crippen LogP contribution in [0.2, 0.25) is 0 Å². The minimum absolute atomic E-state index is 0.146. The Labute approximate surface area is 128 Å². The zero-order valence-corrected chi connectivity index (χ0v) is 13.7. The van der Waals surface area contributed by atoms with Crippen molar-refractivity contribution < 1.29 is 8.42 Å². The number of hydrogen-bond acceptors (Lipinski definition) is 5. The number of hydrogen-bond donors (Lipinski definition) is 1. The highest BCUT2D eigenvalue weighted by atomic mass is 32.2. The Bertz CT molecular complexity index is 769. The summed E-state index contributed by atoms with van der Waals surface area (Å²) in [7, 11) is -3.72. The number of aromatic nitrogens is 1. The van der Waals surface area contributed by atoms with E-state index in [2.05, 4.69) is 35.9 Å². The molecule has 7 heteroatoms. The van der Waals surface area contributed by atoms with Crippen molar-refractivity contribution >= 4 is 26.5 Å². The zero-order valence-electron chi connectivity index (χ0n) is 12.1. The summed E-state index contributed by atoms with van der Waals surface area (Å²) in [5, 5.41) is 5.95. The van der Waals surface area contributed by atoms with Gasteiger partial charge in [-0.15, -0.1) is 0 Å². The third-order valence-corrected chi connectivity index (χ3v) is 6.68. The van der Waals surface area contributed by atoms with Crippen LogP contribution in [-0.4, -0.2) is 13.4 Å². The summed E-state index contributed by atoms with van der Waals surface area (Å²) < 4.78 is 23.3. The predicted octanol–water partition coefficient (Wildman–Crippen LogP) is 2.74. The van der Waals surface area contributed by atoms with Gasteiger partial charge in [-0.25, -0.2) is 18.5 Å². The van der Waals surface area contributed by atoms with Crippen LogP contribution in [0.15, 0.2) is 28.5 Å². The Hall–Kier alpha value is -1.44. The standard InChI is InChI=1S/C14H17N3O2S2/c1-8-13(21(15,18)19)20-14(16-8)17-9(2)11-6-4-5-7-12(11)10(17)3/h4-7,9-10H,1-3H3,(H2,15,18,19)/t9-,10-/m0/s1. The van der Waals surface area contributed by atoms with Gasteiger partial charge in [0, 0.05) is 0 Å². The van der Waals surface area contributed by atoms with E-state index >= 15 is 0 Å². The Morgan fingerprint density at radius 2 is 1.71 bits per heavy atom. The summed E-state index contributed by atoms with van der Waals surface area (Å²) in [5.41, 5.74) is 2.98. The second-order valence-corrected chi connectivity index (χ2v) is 8.04. The monoisotopic (exact) mass is 323 g/mol. The summed E-state index contributed by atoms with van der Waals surface area (Å²) in [5.74, 6) is 0. The van der Waals surface area contributed by atoms with E-state index in [9.17, 15) is 8.42 Å². The fourth-order valence-corrected chi connectivity index (χ4v) is 5.09. The van der Waals surface area contributed by atoms with E-state index in [4.69, 9.17) is 5.14 Å². The molecule has 0 radical (unpaired) electrons. The van der Waals surface area contributed by atoms with Crippen molar-refractivity contribution in [2.45, 2.75) is 37.1 Å². The number of primary sulfonamides is 1. The lowest BCUT2D eigenvalue weighted by molar-refractivity contribution is 0.599. The van der Waals surface area contributed by atoms with Crippen molar-refractivity contribution in [3.63, 3.8) is 0 Å². The highest BCUT2D eigenvalue weighted by Gasteiger charge is 2.35. The van der Waals surface area contributed by atoms with Gasteiger partial charge in [0.1, 0.15) is 0 Å². The number of sulfonamides is 1. The molecule has 3 rings (SSSR count). The van der Waals surface area contributed by atoms with Gasteiger partial charge in [-0.3, -0.25) is 0 Å². The first-order valence-corrected chi connectivity index (χ1v) is 9.04. The van der Waals surface area contributed by atoms with E-state index in [1.807, 2.05) is 12.1 Å². The number of nitrogens with zero attached hydrogens (tertiary/aromatic N) is 2. The maximum Gasteiger partial charge on any atom is 0.249 e. The van der Waals surface area contributed by atoms with Gasteiger partial charge in [0.25, 0.3) is 0 Å². The molecule has 5 nitrogen and oxygen atoms in total. The molecule has 1 aliphatic heterocycles. The van der Waals surface area contributed by atoms with E-state index in [1.54, 1.807) is 6.92 Å². The number of fused-ring (bicyclic) bond motifs is 1. The molecule has 0 unspecified atom stereocenters. The van der Waals surface area contributed by atoms with Crippen LogP contribution in [-0.2, 0) is 10.0 Å². The molecule has 0 saturated carbocycles. The molecular formula is C14H17N3O2S2. The fourth-order valence-electron chi connectivity index (χ4n) is 2.98. The van der Waals surface area contributed by atoms with Gasteiger partial charge < -0.3 is 4.90 Å². The maximum absolute atomic E-state index is 11.6. The molecule has 2 atom stereocenters. The Kier molecular flexibility index (Phi) is 3.31. The molecular weight excluding hydrogens is 306 g/mol. The first kappa shape index (κ1) is 14.5. The van der Waals surface area contributed by atoms with Crippen LogP contribution in [0.1, 0.15) is 42.8 Å². The molecule has 2 heterocycles. The van der Waals surface area contributed by atoms with Gasteiger partial charge in [0.15, 0.2) is 9.34 Å². The molecule has 1 aromatic heterocycles. The number of rotatable bonds is 2. The third kappa shape index (κ3) is 2.25. The van der Waals surface area contributed by atoms with E-state index < -0.39 is 10.0 Å². The number of nitrogens with two attached hydrogens (primary N) is 1. The zero-order chi connectivity index (χ0) is 15.4. The predicted molar refractivity (Wildman–Crippen MR) is 84.0 cm³/mol. The Morgan fingerprint density at radius 3 is 2.14 bits per heavy atom. The molecule has 0 amide bonds. The van der Waals surface area contributed by atoms with Crippen LogP contribution in [0.25, 0.3) is 0 Å². The lowest BCUT2D eigenvalue weighted by atomic mass is 10.0. The summed E-state index contributed by atoms with van der Waals surface area (Å²) in [6.45, 7) is 5.89. The van der Waals surface area contributed by atoms with Crippen LogP contribution in [0.4, 0.5) is 5.13 Å². The minimum atomic E-state index is -3.72. The highest BCUT2D eigenvalue weighted by molar-refractivity contribution is 7.91. The molecule has 0 saturated heterocycles. The molecule has 0 spiro atoms. The van der Waals surface area contributed by atoms with Gasteiger partial charge in [-0.1, -0.05) is 35.6 Å².